The average molecular weight is 327 g/mol. The molecule has 0 aliphatic carbocycles. The van der Waals surface area contributed by atoms with Crippen molar-refractivity contribution in [1.29, 1.82) is 0 Å². The summed E-state index contributed by atoms with van der Waals surface area (Å²) in [7, 11) is 0. The minimum atomic E-state index is 0.233. The van der Waals surface area contributed by atoms with Crippen molar-refractivity contribution in [2.75, 3.05) is 13.1 Å². The van der Waals surface area contributed by atoms with E-state index in [4.69, 9.17) is 5.73 Å². The topological polar surface area (TPSA) is 49.5 Å². The number of likely N-dealkylation sites (tertiary alicyclic amines) is 1. The largest absolute Gasteiger partial charge is 0.508 e. The van der Waals surface area contributed by atoms with Gasteiger partial charge in [-0.3, -0.25) is 4.90 Å². The number of phenols is 1. The zero-order valence-electron chi connectivity index (χ0n) is 11.6. The molecule has 1 fully saturated rings. The summed E-state index contributed by atoms with van der Waals surface area (Å²) in [5.74, 6) is 0.965. The van der Waals surface area contributed by atoms with Gasteiger partial charge in [-0.15, -0.1) is 0 Å². The van der Waals surface area contributed by atoms with E-state index < -0.39 is 0 Å². The average Bonchev–Trinajstić information content (AvgIpc) is 2.38. The summed E-state index contributed by atoms with van der Waals surface area (Å²) >= 11 is 3.48. The molecule has 1 aliphatic rings. The van der Waals surface area contributed by atoms with Gasteiger partial charge < -0.3 is 10.8 Å². The van der Waals surface area contributed by atoms with Crippen LogP contribution in [-0.4, -0.2) is 29.1 Å². The van der Waals surface area contributed by atoms with Gasteiger partial charge in [0, 0.05) is 28.7 Å². The Bertz CT molecular complexity index is 438. The van der Waals surface area contributed by atoms with Gasteiger partial charge in [0.2, 0.25) is 0 Å². The highest BCUT2D eigenvalue weighted by Gasteiger charge is 2.29. The fraction of sp³-hybridized carbons (Fsp3) is 0.600. The predicted molar refractivity (Wildman–Crippen MR) is 82.2 cm³/mol. The van der Waals surface area contributed by atoms with Crippen LogP contribution in [0.25, 0.3) is 0 Å². The lowest BCUT2D eigenvalue weighted by Gasteiger charge is -2.40. The van der Waals surface area contributed by atoms with Gasteiger partial charge >= 0.3 is 0 Å². The molecule has 1 aromatic carbocycles. The van der Waals surface area contributed by atoms with Gasteiger partial charge in [-0.05, 0) is 43.5 Å². The van der Waals surface area contributed by atoms with Crippen LogP contribution in [0.3, 0.4) is 0 Å². The molecule has 106 valence electrons. The molecule has 0 spiro atoms. The van der Waals surface area contributed by atoms with E-state index in [2.05, 4.69) is 34.7 Å². The van der Waals surface area contributed by atoms with Crippen LogP contribution in [0.15, 0.2) is 22.7 Å². The lowest BCUT2D eigenvalue weighted by Crippen LogP contribution is -2.48. The smallest absolute Gasteiger partial charge is 0.120 e. The molecule has 0 radical (unpaired) electrons. The van der Waals surface area contributed by atoms with E-state index in [9.17, 15) is 5.11 Å². The van der Waals surface area contributed by atoms with Gasteiger partial charge in [0.25, 0.3) is 0 Å². The van der Waals surface area contributed by atoms with E-state index in [1.807, 2.05) is 12.1 Å². The van der Waals surface area contributed by atoms with Gasteiger partial charge in [-0.2, -0.15) is 0 Å². The van der Waals surface area contributed by atoms with Crippen LogP contribution >= 0.6 is 15.9 Å². The number of benzene rings is 1. The van der Waals surface area contributed by atoms with E-state index in [0.717, 1.165) is 36.0 Å². The minimum Gasteiger partial charge on any atom is -0.508 e. The van der Waals surface area contributed by atoms with Gasteiger partial charge in [0.1, 0.15) is 5.75 Å². The lowest BCUT2D eigenvalue weighted by atomic mass is 9.91. The molecule has 1 aliphatic heterocycles. The van der Waals surface area contributed by atoms with Crippen molar-refractivity contribution in [1.82, 2.24) is 4.90 Å². The summed E-state index contributed by atoms with van der Waals surface area (Å²) < 4.78 is 1.01. The normalized spacial score (nSPS) is 26.3. The van der Waals surface area contributed by atoms with Crippen molar-refractivity contribution in [2.24, 2.45) is 11.7 Å². The summed E-state index contributed by atoms with van der Waals surface area (Å²) in [6, 6.07) is 6.13. The van der Waals surface area contributed by atoms with Gasteiger partial charge in [-0.25, -0.2) is 0 Å². The standard InChI is InChI=1S/C15H23BrN2O/c1-3-14(12-8-11(16)4-5-15(12)19)18-7-6-10(2)13(17)9-18/h4-5,8,10,13-14,19H,3,6-7,9,17H2,1-2H3. The molecule has 3 N–H and O–H groups in total. The van der Waals surface area contributed by atoms with Crippen LogP contribution in [-0.2, 0) is 0 Å². The Hall–Kier alpha value is -0.580. The molecule has 2 rings (SSSR count). The molecule has 0 aromatic heterocycles. The van der Waals surface area contributed by atoms with Crippen LogP contribution in [0, 0.1) is 5.92 Å². The molecule has 4 heteroatoms. The highest BCUT2D eigenvalue weighted by molar-refractivity contribution is 9.10. The Morgan fingerprint density at radius 3 is 2.89 bits per heavy atom. The van der Waals surface area contributed by atoms with Crippen molar-refractivity contribution in [2.45, 2.75) is 38.8 Å². The monoisotopic (exact) mass is 326 g/mol. The molecule has 1 saturated heterocycles. The maximum atomic E-state index is 10.1. The fourth-order valence-corrected chi connectivity index (χ4v) is 3.25. The SMILES string of the molecule is CCC(c1cc(Br)ccc1O)N1CCC(C)C(N)C1. The van der Waals surface area contributed by atoms with Crippen LogP contribution in [0.1, 0.15) is 38.3 Å². The zero-order chi connectivity index (χ0) is 14.0. The Kier molecular flexibility index (Phi) is 4.87. The predicted octanol–water partition coefficient (Wildman–Crippen LogP) is 3.27. The molecular weight excluding hydrogens is 304 g/mol. The molecule has 3 nitrogen and oxygen atoms in total. The second-order valence-electron chi connectivity index (χ2n) is 5.55. The number of aromatic hydroxyl groups is 1. The molecule has 3 atom stereocenters. The minimum absolute atomic E-state index is 0.233. The number of nitrogens with two attached hydrogens (primary N) is 1. The first-order valence-electron chi connectivity index (χ1n) is 7.01. The van der Waals surface area contributed by atoms with Gasteiger partial charge in [0.15, 0.2) is 0 Å². The van der Waals surface area contributed by atoms with E-state index in [0.29, 0.717) is 11.7 Å². The highest BCUT2D eigenvalue weighted by Crippen LogP contribution is 2.35. The number of hydrogen-bond donors (Lipinski definition) is 2. The number of phenolic OH excluding ortho intramolecular Hbond substituents is 1. The van der Waals surface area contributed by atoms with E-state index in [1.54, 1.807) is 6.07 Å². The van der Waals surface area contributed by atoms with E-state index in [1.165, 1.54) is 0 Å². The lowest BCUT2D eigenvalue weighted by molar-refractivity contribution is 0.115. The number of hydrogen-bond acceptors (Lipinski definition) is 3. The van der Waals surface area contributed by atoms with Crippen LogP contribution in [0.4, 0.5) is 0 Å². The number of nitrogens with zero attached hydrogens (tertiary/aromatic N) is 1. The number of rotatable bonds is 3. The van der Waals surface area contributed by atoms with Crippen molar-refractivity contribution < 1.29 is 5.11 Å². The Labute approximate surface area is 123 Å². The summed E-state index contributed by atoms with van der Waals surface area (Å²) in [5, 5.41) is 10.1. The molecule has 1 heterocycles. The molecule has 19 heavy (non-hydrogen) atoms. The third kappa shape index (κ3) is 3.30. The van der Waals surface area contributed by atoms with Crippen molar-refractivity contribution in [3.8, 4) is 5.75 Å². The zero-order valence-corrected chi connectivity index (χ0v) is 13.2. The molecule has 1 aromatic rings. The first-order chi connectivity index (χ1) is 9.02. The molecule has 0 saturated carbocycles. The first kappa shape index (κ1) is 14.8. The van der Waals surface area contributed by atoms with Crippen molar-refractivity contribution in [3.05, 3.63) is 28.2 Å². The highest BCUT2D eigenvalue weighted by atomic mass is 79.9. The molecule has 0 bridgehead atoms. The molecular formula is C15H23BrN2O. The second-order valence-corrected chi connectivity index (χ2v) is 6.47. The van der Waals surface area contributed by atoms with Crippen LogP contribution < -0.4 is 5.73 Å². The summed E-state index contributed by atoms with van der Waals surface area (Å²) in [5.41, 5.74) is 7.19. The fourth-order valence-electron chi connectivity index (χ4n) is 2.88. The third-order valence-electron chi connectivity index (χ3n) is 4.22. The van der Waals surface area contributed by atoms with Crippen LogP contribution in [0.2, 0.25) is 0 Å². The Balaban J connectivity index is 2.22. The Morgan fingerprint density at radius 2 is 2.26 bits per heavy atom. The van der Waals surface area contributed by atoms with Gasteiger partial charge in [-0.1, -0.05) is 29.8 Å². The number of halogens is 1. The van der Waals surface area contributed by atoms with Crippen molar-refractivity contribution >= 4 is 15.9 Å². The first-order valence-corrected chi connectivity index (χ1v) is 7.80. The Morgan fingerprint density at radius 1 is 1.53 bits per heavy atom. The quantitative estimate of drug-likeness (QED) is 0.896. The molecule has 3 unspecified atom stereocenters. The second kappa shape index (κ2) is 6.25. The maximum absolute atomic E-state index is 10.1. The number of piperidine rings is 1. The van der Waals surface area contributed by atoms with E-state index >= 15 is 0 Å². The van der Waals surface area contributed by atoms with E-state index in [-0.39, 0.29) is 12.1 Å². The summed E-state index contributed by atoms with van der Waals surface area (Å²) in [6.07, 6.45) is 2.11. The van der Waals surface area contributed by atoms with Crippen LogP contribution in [0.5, 0.6) is 5.75 Å². The summed E-state index contributed by atoms with van der Waals surface area (Å²) in [6.45, 7) is 6.35. The third-order valence-corrected chi connectivity index (χ3v) is 4.72. The summed E-state index contributed by atoms with van der Waals surface area (Å²) in [4.78, 5) is 2.41. The van der Waals surface area contributed by atoms with Gasteiger partial charge in [0.05, 0.1) is 0 Å². The molecule has 0 amide bonds. The van der Waals surface area contributed by atoms with Crippen molar-refractivity contribution in [3.63, 3.8) is 0 Å². The maximum Gasteiger partial charge on any atom is 0.120 e.